The first-order chi connectivity index (χ1) is 11.2. The highest BCUT2D eigenvalue weighted by Gasteiger charge is 2.03. The van der Waals surface area contributed by atoms with Gasteiger partial charge in [0.2, 0.25) is 0 Å². The molecule has 2 aromatic carbocycles. The zero-order valence-electron chi connectivity index (χ0n) is 12.5. The van der Waals surface area contributed by atoms with Crippen molar-refractivity contribution in [3.63, 3.8) is 0 Å². The molecular weight excluding hydrogens is 290 g/mol. The topological polar surface area (TPSA) is 85.9 Å². The van der Waals surface area contributed by atoms with E-state index in [0.717, 1.165) is 11.1 Å². The number of nitrogens with zero attached hydrogens (tertiary/aromatic N) is 2. The summed E-state index contributed by atoms with van der Waals surface area (Å²) in [4.78, 5) is 11.5. The Morgan fingerprint density at radius 2 is 1.61 bits per heavy atom. The molecule has 1 N–H and O–H groups in total. The Morgan fingerprint density at radius 3 is 2.17 bits per heavy atom. The van der Waals surface area contributed by atoms with Gasteiger partial charge in [-0.2, -0.15) is 10.5 Å². The molecule has 0 aromatic heterocycles. The Morgan fingerprint density at radius 1 is 1.00 bits per heavy atom. The number of ether oxygens (including phenoxy) is 1. The molecule has 5 nitrogen and oxygen atoms in total. The van der Waals surface area contributed by atoms with Gasteiger partial charge in [-0.15, -0.1) is 0 Å². The number of amides is 1. The van der Waals surface area contributed by atoms with Crippen LogP contribution in [0.25, 0.3) is 11.1 Å². The Bertz CT molecular complexity index is 738. The van der Waals surface area contributed by atoms with Gasteiger partial charge in [0.1, 0.15) is 5.75 Å². The van der Waals surface area contributed by atoms with Crippen LogP contribution in [0, 0.1) is 22.7 Å². The third-order valence-electron chi connectivity index (χ3n) is 3.13. The molecule has 0 saturated heterocycles. The molecule has 0 bridgehead atoms. The van der Waals surface area contributed by atoms with E-state index in [2.05, 4.69) is 11.4 Å². The van der Waals surface area contributed by atoms with Gasteiger partial charge in [0.15, 0.2) is 6.61 Å². The summed E-state index contributed by atoms with van der Waals surface area (Å²) in [6.45, 7) is 0.248. The number of carbonyl (C=O) groups is 1. The van der Waals surface area contributed by atoms with Crippen molar-refractivity contribution in [2.24, 2.45) is 0 Å². The van der Waals surface area contributed by atoms with Crippen molar-refractivity contribution < 1.29 is 9.53 Å². The maximum absolute atomic E-state index is 11.5. The van der Waals surface area contributed by atoms with Gasteiger partial charge < -0.3 is 10.1 Å². The molecule has 0 aliphatic heterocycles. The summed E-state index contributed by atoms with van der Waals surface area (Å²) < 4.78 is 5.39. The second kappa shape index (κ2) is 8.21. The minimum absolute atomic E-state index is 0.0817. The van der Waals surface area contributed by atoms with Crippen molar-refractivity contribution in [1.29, 1.82) is 10.5 Å². The van der Waals surface area contributed by atoms with Crippen LogP contribution in [-0.4, -0.2) is 19.1 Å². The van der Waals surface area contributed by atoms with Crippen molar-refractivity contribution in [2.45, 2.75) is 6.42 Å². The predicted octanol–water partition coefficient (Wildman–Crippen LogP) is 2.63. The molecule has 114 valence electrons. The van der Waals surface area contributed by atoms with Gasteiger partial charge in [-0.3, -0.25) is 4.79 Å². The molecule has 23 heavy (non-hydrogen) atoms. The quantitative estimate of drug-likeness (QED) is 0.831. The fourth-order valence-corrected chi connectivity index (χ4v) is 1.94. The maximum atomic E-state index is 11.5. The molecule has 0 spiro atoms. The standard InChI is InChI=1S/C18H15N3O2/c19-10-1-11-21-18(22)13-23-17-8-6-16(7-9-17)15-4-2-14(12-20)3-5-15/h2-9H,1,11,13H2,(H,21,22). The molecule has 2 aromatic rings. The van der Waals surface area contributed by atoms with Crippen molar-refractivity contribution >= 4 is 5.91 Å². The van der Waals surface area contributed by atoms with Crippen LogP contribution >= 0.6 is 0 Å². The highest BCUT2D eigenvalue weighted by molar-refractivity contribution is 5.77. The van der Waals surface area contributed by atoms with Gasteiger partial charge in [-0.1, -0.05) is 24.3 Å². The van der Waals surface area contributed by atoms with Crippen LogP contribution in [-0.2, 0) is 4.79 Å². The Labute approximate surface area is 134 Å². The lowest BCUT2D eigenvalue weighted by molar-refractivity contribution is -0.123. The predicted molar refractivity (Wildman–Crippen MR) is 85.3 cm³/mol. The summed E-state index contributed by atoms with van der Waals surface area (Å²) in [7, 11) is 0. The van der Waals surface area contributed by atoms with Crippen LogP contribution in [0.5, 0.6) is 5.75 Å². The van der Waals surface area contributed by atoms with Crippen LogP contribution < -0.4 is 10.1 Å². The molecule has 0 atom stereocenters. The van der Waals surface area contributed by atoms with E-state index >= 15 is 0 Å². The van der Waals surface area contributed by atoms with Gasteiger partial charge in [0.05, 0.1) is 24.1 Å². The summed E-state index contributed by atoms with van der Waals surface area (Å²) in [5.74, 6) is 0.342. The number of nitriles is 2. The zero-order chi connectivity index (χ0) is 16.5. The van der Waals surface area contributed by atoms with Crippen LogP contribution in [0.2, 0.25) is 0 Å². The summed E-state index contributed by atoms with van der Waals surface area (Å²) in [6, 6.07) is 18.7. The van der Waals surface area contributed by atoms with E-state index in [4.69, 9.17) is 15.3 Å². The lowest BCUT2D eigenvalue weighted by atomic mass is 10.0. The number of nitrogens with one attached hydrogen (secondary N) is 1. The van der Waals surface area contributed by atoms with Crippen molar-refractivity contribution in [2.75, 3.05) is 13.2 Å². The molecule has 0 unspecified atom stereocenters. The molecule has 0 radical (unpaired) electrons. The van der Waals surface area contributed by atoms with E-state index in [-0.39, 0.29) is 18.9 Å². The van der Waals surface area contributed by atoms with E-state index in [9.17, 15) is 4.79 Å². The van der Waals surface area contributed by atoms with Gasteiger partial charge in [0.25, 0.3) is 5.91 Å². The van der Waals surface area contributed by atoms with E-state index in [1.54, 1.807) is 24.3 Å². The van der Waals surface area contributed by atoms with Crippen molar-refractivity contribution in [3.8, 4) is 29.0 Å². The molecule has 0 aliphatic carbocycles. The molecule has 0 heterocycles. The van der Waals surface area contributed by atoms with Gasteiger partial charge in [0, 0.05) is 6.54 Å². The van der Waals surface area contributed by atoms with Crippen LogP contribution in [0.3, 0.4) is 0 Å². The van der Waals surface area contributed by atoms with Crippen LogP contribution in [0.1, 0.15) is 12.0 Å². The number of benzene rings is 2. The van der Waals surface area contributed by atoms with E-state index in [1.165, 1.54) is 0 Å². The highest BCUT2D eigenvalue weighted by Crippen LogP contribution is 2.22. The first-order valence-corrected chi connectivity index (χ1v) is 7.10. The second-order valence-corrected chi connectivity index (χ2v) is 4.76. The fourth-order valence-electron chi connectivity index (χ4n) is 1.94. The Kier molecular flexibility index (Phi) is 5.74. The third kappa shape index (κ3) is 4.87. The normalized spacial score (nSPS) is 9.48. The molecule has 5 heteroatoms. The molecule has 1 amide bonds. The molecule has 2 rings (SSSR count). The second-order valence-electron chi connectivity index (χ2n) is 4.76. The van der Waals surface area contributed by atoms with Gasteiger partial charge >= 0.3 is 0 Å². The fraction of sp³-hybridized carbons (Fsp3) is 0.167. The number of hydrogen-bond acceptors (Lipinski definition) is 4. The maximum Gasteiger partial charge on any atom is 0.257 e. The van der Waals surface area contributed by atoms with E-state index in [1.807, 2.05) is 30.3 Å². The van der Waals surface area contributed by atoms with Crippen molar-refractivity contribution in [3.05, 3.63) is 54.1 Å². The van der Waals surface area contributed by atoms with E-state index < -0.39 is 0 Å². The molecule has 0 saturated carbocycles. The van der Waals surface area contributed by atoms with Crippen LogP contribution in [0.4, 0.5) is 0 Å². The first-order valence-electron chi connectivity index (χ1n) is 7.10. The third-order valence-corrected chi connectivity index (χ3v) is 3.13. The monoisotopic (exact) mass is 305 g/mol. The van der Waals surface area contributed by atoms with E-state index in [0.29, 0.717) is 17.9 Å². The Balaban J connectivity index is 1.90. The minimum atomic E-state index is -0.253. The average Bonchev–Trinajstić information content (AvgIpc) is 2.61. The number of rotatable bonds is 6. The molecule has 0 fully saturated rings. The molecule has 0 aliphatic rings. The van der Waals surface area contributed by atoms with Crippen molar-refractivity contribution in [1.82, 2.24) is 5.32 Å². The lowest BCUT2D eigenvalue weighted by Gasteiger charge is -2.07. The smallest absolute Gasteiger partial charge is 0.257 e. The Hall–Kier alpha value is -3.31. The van der Waals surface area contributed by atoms with Crippen LogP contribution in [0.15, 0.2) is 48.5 Å². The lowest BCUT2D eigenvalue weighted by Crippen LogP contribution is -2.29. The van der Waals surface area contributed by atoms with Gasteiger partial charge in [-0.25, -0.2) is 0 Å². The number of carbonyl (C=O) groups excluding carboxylic acids is 1. The average molecular weight is 305 g/mol. The minimum Gasteiger partial charge on any atom is -0.484 e. The number of hydrogen-bond donors (Lipinski definition) is 1. The zero-order valence-corrected chi connectivity index (χ0v) is 12.5. The summed E-state index contributed by atoms with van der Waals surface area (Å²) in [5.41, 5.74) is 2.63. The summed E-state index contributed by atoms with van der Waals surface area (Å²) in [5, 5.41) is 19.8. The SMILES string of the molecule is N#CCCNC(=O)COc1ccc(-c2ccc(C#N)cc2)cc1. The first kappa shape index (κ1) is 16.1. The highest BCUT2D eigenvalue weighted by atomic mass is 16.5. The summed E-state index contributed by atoms with van der Waals surface area (Å²) in [6.07, 6.45) is 0.283. The largest absolute Gasteiger partial charge is 0.484 e. The van der Waals surface area contributed by atoms with Gasteiger partial charge in [-0.05, 0) is 35.4 Å². The summed E-state index contributed by atoms with van der Waals surface area (Å²) >= 11 is 0. The molecular formula is C18H15N3O2.